The largest absolute Gasteiger partial charge is 0.367 e. The maximum Gasteiger partial charge on any atom is 0.264 e. The Kier molecular flexibility index (Phi) is 9.89. The second kappa shape index (κ2) is 13.6. The van der Waals surface area contributed by atoms with Crippen molar-refractivity contribution in [1.82, 2.24) is 9.80 Å². The van der Waals surface area contributed by atoms with E-state index in [0.717, 1.165) is 84.8 Å². The number of nitrogens with two attached hydrogens (primary N) is 1. The van der Waals surface area contributed by atoms with Crippen LogP contribution in [-0.2, 0) is 11.3 Å². The number of piperazine rings is 1. The van der Waals surface area contributed by atoms with E-state index in [0.29, 0.717) is 13.0 Å². The van der Waals surface area contributed by atoms with Gasteiger partial charge in [-0.1, -0.05) is 51.1 Å². The molecule has 1 saturated carbocycles. The molecule has 0 radical (unpaired) electrons. The minimum atomic E-state index is -0.0974. The first-order chi connectivity index (χ1) is 20.6. The average Bonchev–Trinajstić information content (AvgIpc) is 3.51. The summed E-state index contributed by atoms with van der Waals surface area (Å²) in [5, 5.41) is 5.22. The van der Waals surface area contributed by atoms with Gasteiger partial charge in [0.1, 0.15) is 0 Å². The molecule has 1 aliphatic heterocycles. The molecule has 0 spiro atoms. The third kappa shape index (κ3) is 8.25. The minimum Gasteiger partial charge on any atom is -0.367 e. The molecule has 2 amide bonds. The number of carbonyl (C=O) groups excluding carboxylic acids is 2. The van der Waals surface area contributed by atoms with Gasteiger partial charge in [0.05, 0.1) is 16.3 Å². The molecule has 230 valence electrons. The highest BCUT2D eigenvalue weighted by molar-refractivity contribution is 7.12. The van der Waals surface area contributed by atoms with Crippen molar-refractivity contribution < 1.29 is 9.59 Å². The molecule has 7 nitrogen and oxygen atoms in total. The van der Waals surface area contributed by atoms with Crippen molar-refractivity contribution in [3.05, 3.63) is 70.4 Å². The van der Waals surface area contributed by atoms with E-state index in [1.165, 1.54) is 11.3 Å². The molecule has 0 atom stereocenters. The third-order valence-corrected chi connectivity index (χ3v) is 9.45. The predicted octanol–water partition coefficient (Wildman–Crippen LogP) is 6.45. The van der Waals surface area contributed by atoms with E-state index in [4.69, 9.17) is 5.73 Å². The second-order valence-corrected chi connectivity index (χ2v) is 14.4. The van der Waals surface area contributed by atoms with Gasteiger partial charge in [-0.05, 0) is 84.5 Å². The Bertz CT molecular complexity index is 1380. The summed E-state index contributed by atoms with van der Waals surface area (Å²) in [5.74, 6) is 0.130. The van der Waals surface area contributed by atoms with Crippen LogP contribution in [0.15, 0.2) is 60.0 Å². The van der Waals surface area contributed by atoms with Crippen molar-refractivity contribution in [2.75, 3.05) is 43.4 Å². The van der Waals surface area contributed by atoms with Crippen LogP contribution in [0.25, 0.3) is 11.1 Å². The van der Waals surface area contributed by atoms with Crippen molar-refractivity contribution >= 4 is 34.5 Å². The molecule has 5 rings (SSSR count). The molecular weight excluding hydrogens is 554 g/mol. The van der Waals surface area contributed by atoms with E-state index in [2.05, 4.69) is 90.3 Å². The number of amides is 2. The topological polar surface area (TPSA) is 81.9 Å². The molecule has 1 aromatic heterocycles. The summed E-state index contributed by atoms with van der Waals surface area (Å²) in [5.41, 5.74) is 11.3. The Morgan fingerprint density at radius 1 is 0.953 bits per heavy atom. The van der Waals surface area contributed by atoms with Crippen LogP contribution in [0.3, 0.4) is 0 Å². The first-order valence-electron chi connectivity index (χ1n) is 15.6. The molecule has 3 N–H and O–H groups in total. The lowest BCUT2D eigenvalue weighted by Gasteiger charge is -2.36. The van der Waals surface area contributed by atoms with Gasteiger partial charge in [0.25, 0.3) is 5.91 Å². The maximum atomic E-state index is 13.7. The summed E-state index contributed by atoms with van der Waals surface area (Å²) in [7, 11) is 2.15. The number of anilines is 2. The molecule has 3 aromatic rings. The van der Waals surface area contributed by atoms with Crippen LogP contribution in [0, 0.1) is 5.41 Å². The van der Waals surface area contributed by atoms with E-state index in [-0.39, 0.29) is 29.3 Å². The summed E-state index contributed by atoms with van der Waals surface area (Å²) in [4.78, 5) is 34.3. The molecule has 0 bridgehead atoms. The van der Waals surface area contributed by atoms with Crippen molar-refractivity contribution in [2.45, 2.75) is 71.5 Å². The Labute approximate surface area is 261 Å². The zero-order valence-electron chi connectivity index (χ0n) is 26.1. The fourth-order valence-corrected chi connectivity index (χ4v) is 6.86. The molecule has 0 unspecified atom stereocenters. The van der Waals surface area contributed by atoms with Crippen molar-refractivity contribution in [3.8, 4) is 11.1 Å². The Balaban J connectivity index is 1.42. The monoisotopic (exact) mass is 601 g/mol. The maximum absolute atomic E-state index is 13.7. The highest BCUT2D eigenvalue weighted by Gasteiger charge is 2.29. The Hall–Kier alpha value is -3.20. The summed E-state index contributed by atoms with van der Waals surface area (Å²) < 4.78 is 0. The van der Waals surface area contributed by atoms with Crippen LogP contribution in [0.4, 0.5) is 11.4 Å². The molecule has 1 saturated heterocycles. The van der Waals surface area contributed by atoms with E-state index in [1.807, 2.05) is 17.5 Å². The summed E-state index contributed by atoms with van der Waals surface area (Å²) >= 11 is 1.50. The Morgan fingerprint density at radius 3 is 2.35 bits per heavy atom. The number of hydrogen-bond donors (Lipinski definition) is 2. The van der Waals surface area contributed by atoms with Crippen LogP contribution in [-0.4, -0.2) is 66.9 Å². The zero-order valence-corrected chi connectivity index (χ0v) is 27.0. The van der Waals surface area contributed by atoms with Gasteiger partial charge in [-0.25, -0.2) is 0 Å². The van der Waals surface area contributed by atoms with E-state index in [1.54, 1.807) is 0 Å². The van der Waals surface area contributed by atoms with Crippen LogP contribution >= 0.6 is 11.3 Å². The fourth-order valence-electron chi connectivity index (χ4n) is 6.18. The van der Waals surface area contributed by atoms with E-state index in [9.17, 15) is 9.59 Å². The lowest BCUT2D eigenvalue weighted by atomic mass is 9.90. The molecule has 2 aliphatic rings. The number of thiophene rings is 1. The van der Waals surface area contributed by atoms with Crippen LogP contribution in [0.2, 0.25) is 0 Å². The predicted molar refractivity (Wildman–Crippen MR) is 179 cm³/mol. The first kappa shape index (κ1) is 31.2. The summed E-state index contributed by atoms with van der Waals surface area (Å²) in [6.07, 6.45) is 4.21. The van der Waals surface area contributed by atoms with Gasteiger partial charge >= 0.3 is 0 Å². The number of carbonyl (C=O) groups is 2. The summed E-state index contributed by atoms with van der Waals surface area (Å²) in [6, 6.07) is 19.2. The smallest absolute Gasteiger partial charge is 0.264 e. The van der Waals surface area contributed by atoms with Crippen molar-refractivity contribution in [1.29, 1.82) is 0 Å². The van der Waals surface area contributed by atoms with Crippen molar-refractivity contribution in [2.24, 2.45) is 11.1 Å². The highest BCUT2D eigenvalue weighted by Crippen LogP contribution is 2.34. The molecular formula is C35H47N5O2S. The quantitative estimate of drug-likeness (QED) is 0.310. The second-order valence-electron chi connectivity index (χ2n) is 13.5. The number of hydrogen-bond acceptors (Lipinski definition) is 6. The average molecular weight is 602 g/mol. The van der Waals surface area contributed by atoms with Gasteiger partial charge in [-0.15, -0.1) is 11.3 Å². The number of likely N-dealkylation sites (N-methyl/N-ethyl adjacent to an activating group) is 1. The van der Waals surface area contributed by atoms with Gasteiger partial charge in [0, 0.05) is 51.2 Å². The normalized spacial score (nSPS) is 19.7. The summed E-state index contributed by atoms with van der Waals surface area (Å²) in [6.45, 7) is 10.7. The SMILES string of the molecule is CN1CCN(c2ccc(-c3cccc(CN(C(=O)c4cccs4)C4CCC(N)CC4)c3)cc2NC(=O)CC(C)(C)C)CC1. The molecule has 8 heteroatoms. The Morgan fingerprint density at radius 2 is 1.67 bits per heavy atom. The van der Waals surface area contributed by atoms with Gasteiger partial charge in [-0.2, -0.15) is 0 Å². The zero-order chi connectivity index (χ0) is 30.6. The number of benzene rings is 2. The van der Waals surface area contributed by atoms with Gasteiger partial charge in [0.15, 0.2) is 0 Å². The molecule has 1 aliphatic carbocycles. The van der Waals surface area contributed by atoms with Gasteiger partial charge in [0.2, 0.25) is 5.91 Å². The lowest BCUT2D eigenvalue weighted by molar-refractivity contribution is -0.117. The lowest BCUT2D eigenvalue weighted by Crippen LogP contribution is -2.44. The highest BCUT2D eigenvalue weighted by atomic mass is 32.1. The van der Waals surface area contributed by atoms with Crippen LogP contribution < -0.4 is 16.0 Å². The molecule has 43 heavy (non-hydrogen) atoms. The first-order valence-corrected chi connectivity index (χ1v) is 16.5. The standard InChI is InChI=1S/C35H47N5O2S/c1-35(2,3)23-33(41)37-30-22-27(10-15-31(30)39-18-16-38(4)17-19-39)26-8-5-7-25(21-26)24-40(29-13-11-28(36)12-14-29)34(42)32-9-6-20-43-32/h5-10,15,20-22,28-29H,11-14,16-19,23-24,36H2,1-4H3,(H,37,41). The van der Waals surface area contributed by atoms with Crippen LogP contribution in [0.1, 0.15) is 68.1 Å². The van der Waals surface area contributed by atoms with Gasteiger partial charge in [-0.3, -0.25) is 9.59 Å². The molecule has 2 heterocycles. The van der Waals surface area contributed by atoms with E-state index < -0.39 is 0 Å². The molecule has 2 aromatic carbocycles. The number of rotatable bonds is 8. The molecule has 2 fully saturated rings. The number of nitrogens with one attached hydrogen (secondary N) is 1. The third-order valence-electron chi connectivity index (χ3n) is 8.59. The van der Waals surface area contributed by atoms with Crippen LogP contribution in [0.5, 0.6) is 0 Å². The minimum absolute atomic E-state index is 0.0312. The van der Waals surface area contributed by atoms with E-state index >= 15 is 0 Å². The fraction of sp³-hybridized carbons (Fsp3) is 0.486. The van der Waals surface area contributed by atoms with Gasteiger partial charge < -0.3 is 25.8 Å². The number of nitrogens with zero attached hydrogens (tertiary/aromatic N) is 3. The van der Waals surface area contributed by atoms with Crippen molar-refractivity contribution in [3.63, 3.8) is 0 Å².